The normalized spacial score (nSPS) is 12.8. The Morgan fingerprint density at radius 2 is 1.68 bits per heavy atom. The number of benzene rings is 3. The molecule has 0 saturated heterocycles. The second-order valence-electron chi connectivity index (χ2n) is 10.1. The molecule has 1 amide bonds. The summed E-state index contributed by atoms with van der Waals surface area (Å²) in [4.78, 5) is 24.8. The third-order valence-electron chi connectivity index (χ3n) is 6.94. The number of carbonyl (C=O) groups excluding carboxylic acids is 1. The predicted octanol–water partition coefficient (Wildman–Crippen LogP) is 5.95. The lowest BCUT2D eigenvalue weighted by Crippen LogP contribution is -2.45. The lowest BCUT2D eigenvalue weighted by molar-refractivity contribution is -0.139. The molecule has 41 heavy (non-hydrogen) atoms. The second-order valence-corrected chi connectivity index (χ2v) is 10.9. The Hall–Kier alpha value is -3.99. The number of amides is 1. The van der Waals surface area contributed by atoms with E-state index in [9.17, 15) is 23.5 Å². The lowest BCUT2D eigenvalue weighted by Gasteiger charge is -2.34. The van der Waals surface area contributed by atoms with Crippen LogP contribution in [-0.2, 0) is 27.2 Å². The number of hydrogen-bond acceptors (Lipinski definition) is 6. The smallest absolute Gasteiger partial charge is 0.327 e. The SMILES string of the molecule is COCCCc1cccc2oc(C(=O)Nc3ccc(-c4ccc(N(C(C(=O)O)C(C)C)S(=O)[O-])cc4)cc3)c(C)c12. The highest BCUT2D eigenvalue weighted by molar-refractivity contribution is 7.80. The van der Waals surface area contributed by atoms with E-state index >= 15 is 0 Å². The van der Waals surface area contributed by atoms with Crippen LogP contribution in [0.2, 0.25) is 0 Å². The Morgan fingerprint density at radius 3 is 2.24 bits per heavy atom. The van der Waals surface area contributed by atoms with E-state index in [4.69, 9.17) is 9.15 Å². The maximum absolute atomic E-state index is 13.1. The summed E-state index contributed by atoms with van der Waals surface area (Å²) in [6.07, 6.45) is 1.69. The number of nitrogens with zero attached hydrogens (tertiary/aromatic N) is 1. The quantitative estimate of drug-likeness (QED) is 0.157. The van der Waals surface area contributed by atoms with Gasteiger partial charge >= 0.3 is 5.97 Å². The fraction of sp³-hybridized carbons (Fsp3) is 0.290. The molecule has 0 bridgehead atoms. The summed E-state index contributed by atoms with van der Waals surface area (Å²) in [6.45, 7) is 5.86. The monoisotopic (exact) mass is 577 g/mol. The summed E-state index contributed by atoms with van der Waals surface area (Å²) in [6, 6.07) is 18.4. The van der Waals surface area contributed by atoms with Crippen LogP contribution in [0.25, 0.3) is 22.1 Å². The third kappa shape index (κ3) is 6.67. The Labute approximate surface area is 241 Å². The van der Waals surface area contributed by atoms with E-state index in [0.717, 1.165) is 44.8 Å². The average molecular weight is 578 g/mol. The molecule has 1 aromatic heterocycles. The highest BCUT2D eigenvalue weighted by Gasteiger charge is 2.30. The van der Waals surface area contributed by atoms with Crippen molar-refractivity contribution >= 4 is 45.5 Å². The number of anilines is 2. The maximum Gasteiger partial charge on any atom is 0.327 e. The summed E-state index contributed by atoms with van der Waals surface area (Å²) in [7, 11) is 1.68. The molecule has 4 rings (SSSR count). The Morgan fingerprint density at radius 1 is 1.05 bits per heavy atom. The fourth-order valence-electron chi connectivity index (χ4n) is 4.95. The van der Waals surface area contributed by atoms with E-state index in [1.807, 2.05) is 37.3 Å². The number of carboxylic acids is 1. The van der Waals surface area contributed by atoms with E-state index < -0.39 is 29.2 Å². The van der Waals surface area contributed by atoms with Gasteiger partial charge in [-0.25, -0.2) is 4.79 Å². The molecule has 1 heterocycles. The largest absolute Gasteiger partial charge is 0.755 e. The molecule has 2 unspecified atom stereocenters. The van der Waals surface area contributed by atoms with Crippen molar-refractivity contribution in [1.29, 1.82) is 0 Å². The first kappa shape index (κ1) is 30.0. The summed E-state index contributed by atoms with van der Waals surface area (Å²) >= 11 is -2.76. The molecular formula is C31H33N2O7S-. The number of aryl methyl sites for hydroxylation is 2. The molecule has 0 radical (unpaired) electrons. The van der Waals surface area contributed by atoms with E-state index in [1.54, 1.807) is 57.4 Å². The minimum absolute atomic E-state index is 0.259. The number of aliphatic carboxylic acids is 1. The molecule has 0 aliphatic rings. The number of furan rings is 1. The number of ether oxygens (including phenoxy) is 1. The molecule has 0 fully saturated rings. The number of methoxy groups -OCH3 is 1. The topological polar surface area (TPSA) is 132 Å². The third-order valence-corrected chi connectivity index (χ3v) is 7.70. The van der Waals surface area contributed by atoms with Gasteiger partial charge < -0.3 is 24.1 Å². The minimum Gasteiger partial charge on any atom is -0.755 e. The van der Waals surface area contributed by atoms with Gasteiger partial charge in [-0.05, 0) is 72.7 Å². The first-order valence-electron chi connectivity index (χ1n) is 13.3. The van der Waals surface area contributed by atoms with Gasteiger partial charge in [0, 0.05) is 47.3 Å². The Kier molecular flexibility index (Phi) is 9.59. The molecule has 216 valence electrons. The first-order chi connectivity index (χ1) is 19.6. The van der Waals surface area contributed by atoms with Crippen molar-refractivity contribution in [2.75, 3.05) is 23.3 Å². The maximum atomic E-state index is 13.1. The van der Waals surface area contributed by atoms with Crippen molar-refractivity contribution < 1.29 is 32.6 Å². The number of nitrogens with one attached hydrogen (secondary N) is 1. The van der Waals surface area contributed by atoms with Gasteiger partial charge in [-0.15, -0.1) is 0 Å². The number of fused-ring (bicyclic) bond motifs is 1. The van der Waals surface area contributed by atoms with Crippen molar-refractivity contribution in [3.63, 3.8) is 0 Å². The van der Waals surface area contributed by atoms with Gasteiger partial charge in [0.2, 0.25) is 0 Å². The van der Waals surface area contributed by atoms with Crippen LogP contribution >= 0.6 is 0 Å². The van der Waals surface area contributed by atoms with E-state index in [0.29, 0.717) is 17.9 Å². The summed E-state index contributed by atoms with van der Waals surface area (Å²) in [5, 5.41) is 13.4. The van der Waals surface area contributed by atoms with Crippen molar-refractivity contribution in [1.82, 2.24) is 0 Å². The van der Waals surface area contributed by atoms with Crippen LogP contribution in [0.5, 0.6) is 0 Å². The Balaban J connectivity index is 1.50. The van der Waals surface area contributed by atoms with Crippen LogP contribution in [0.3, 0.4) is 0 Å². The summed E-state index contributed by atoms with van der Waals surface area (Å²) in [5.41, 5.74) is 5.06. The standard InChI is InChI=1S/C31H34N2O7S/c1-19(2)28(31(35)36)33(41(37)38)25-16-12-22(13-17-25)21-10-14-24(15-11-21)32-30(34)29-20(3)27-23(8-6-18-39-4)7-5-9-26(27)40-29/h5,7,9-17,19,28H,6,8,18H2,1-4H3,(H,32,34)(H,35,36)(H,37,38)/p-1. The molecule has 10 heteroatoms. The highest BCUT2D eigenvalue weighted by atomic mass is 32.2. The van der Waals surface area contributed by atoms with Crippen molar-refractivity contribution in [2.45, 2.75) is 39.7 Å². The summed E-state index contributed by atoms with van der Waals surface area (Å²) < 4.78 is 35.8. The molecule has 4 aromatic rings. The number of carboxylic acid groups (broad SMARTS) is 1. The van der Waals surface area contributed by atoms with E-state index in [2.05, 4.69) is 5.32 Å². The van der Waals surface area contributed by atoms with Crippen LogP contribution in [-0.4, -0.2) is 45.5 Å². The number of rotatable bonds is 12. The first-order valence-corrected chi connectivity index (χ1v) is 14.3. The van der Waals surface area contributed by atoms with Crippen LogP contribution < -0.4 is 9.62 Å². The van der Waals surface area contributed by atoms with Crippen LogP contribution in [0.15, 0.2) is 71.1 Å². The van der Waals surface area contributed by atoms with E-state index in [-0.39, 0.29) is 17.4 Å². The van der Waals surface area contributed by atoms with Crippen LogP contribution in [0, 0.1) is 12.8 Å². The molecule has 9 nitrogen and oxygen atoms in total. The van der Waals surface area contributed by atoms with Crippen LogP contribution in [0.4, 0.5) is 11.4 Å². The molecule has 0 aliphatic carbocycles. The lowest BCUT2D eigenvalue weighted by atomic mass is 10.0. The highest BCUT2D eigenvalue weighted by Crippen LogP contribution is 2.31. The van der Waals surface area contributed by atoms with Crippen molar-refractivity contribution in [3.8, 4) is 11.1 Å². The van der Waals surface area contributed by atoms with Crippen molar-refractivity contribution in [3.05, 3.63) is 83.6 Å². The zero-order chi connectivity index (χ0) is 29.7. The zero-order valence-corrected chi connectivity index (χ0v) is 24.2. The molecule has 2 N–H and O–H groups in total. The minimum atomic E-state index is -2.76. The van der Waals surface area contributed by atoms with E-state index in [1.165, 1.54) is 0 Å². The van der Waals surface area contributed by atoms with Crippen LogP contribution in [0.1, 0.15) is 41.9 Å². The van der Waals surface area contributed by atoms with Crippen molar-refractivity contribution in [2.24, 2.45) is 5.92 Å². The molecular weight excluding hydrogens is 544 g/mol. The molecule has 0 aliphatic heterocycles. The van der Waals surface area contributed by atoms with Gasteiger partial charge in [-0.3, -0.25) is 13.3 Å². The predicted molar refractivity (Wildman–Crippen MR) is 159 cm³/mol. The van der Waals surface area contributed by atoms with Gasteiger partial charge in [0.05, 0.1) is 0 Å². The van der Waals surface area contributed by atoms with Gasteiger partial charge in [-0.2, -0.15) is 0 Å². The van der Waals surface area contributed by atoms with Gasteiger partial charge in [0.1, 0.15) is 11.6 Å². The molecule has 0 spiro atoms. The number of carbonyl (C=O) groups is 2. The average Bonchev–Trinajstić information content (AvgIpc) is 3.29. The fourth-order valence-corrected chi connectivity index (χ4v) is 5.76. The second kappa shape index (κ2) is 13.1. The molecule has 2 atom stereocenters. The van der Waals surface area contributed by atoms with Gasteiger partial charge in [-0.1, -0.05) is 50.2 Å². The van der Waals surface area contributed by atoms with Gasteiger partial charge in [0.15, 0.2) is 5.76 Å². The Bertz CT molecular complexity index is 1550. The summed E-state index contributed by atoms with van der Waals surface area (Å²) in [5.74, 6) is -1.73. The molecule has 3 aromatic carbocycles. The molecule has 0 saturated carbocycles. The zero-order valence-electron chi connectivity index (χ0n) is 23.4. The van der Waals surface area contributed by atoms with Gasteiger partial charge in [0.25, 0.3) is 5.91 Å². The number of hydrogen-bond donors (Lipinski definition) is 2.